The molecule has 0 aromatic carbocycles. The lowest BCUT2D eigenvalue weighted by Crippen LogP contribution is -2.46. The van der Waals surface area contributed by atoms with Crippen molar-refractivity contribution in [2.75, 3.05) is 39.0 Å². The van der Waals surface area contributed by atoms with Crippen molar-refractivity contribution >= 4 is 53.0 Å². The van der Waals surface area contributed by atoms with Gasteiger partial charge in [-0.3, -0.25) is 9.89 Å². The Bertz CT molecular complexity index is 536. The molecule has 0 amide bonds. The molecule has 0 radical (unpaired) electrons. The van der Waals surface area contributed by atoms with Crippen LogP contribution in [-0.2, 0) is 6.54 Å². The molecule has 0 bridgehead atoms. The van der Waals surface area contributed by atoms with Crippen molar-refractivity contribution in [3.63, 3.8) is 0 Å². The lowest BCUT2D eigenvalue weighted by atomic mass is 9.97. The van der Waals surface area contributed by atoms with Crippen LogP contribution in [0.3, 0.4) is 0 Å². The highest BCUT2D eigenvalue weighted by Crippen LogP contribution is 2.36. The first-order chi connectivity index (χ1) is 12.2. The molecule has 7 heteroatoms. The van der Waals surface area contributed by atoms with E-state index in [4.69, 9.17) is 0 Å². The largest absolute Gasteiger partial charge is 0.356 e. The molecule has 0 saturated carbocycles. The Kier molecular flexibility index (Phi) is 9.54. The van der Waals surface area contributed by atoms with Gasteiger partial charge in [0.05, 0.1) is 0 Å². The number of hydrogen-bond acceptors (Lipinski definition) is 4. The second-order valence-electron chi connectivity index (χ2n) is 7.51. The van der Waals surface area contributed by atoms with E-state index in [1.165, 1.54) is 49.4 Å². The number of rotatable bonds is 6. The molecule has 1 unspecified atom stereocenters. The fourth-order valence-electron chi connectivity index (χ4n) is 3.68. The molecular weight excluding hydrogens is 475 g/mol. The average molecular weight is 509 g/mol. The number of likely N-dealkylation sites (tertiary alicyclic amines) is 1. The number of thiophene rings is 1. The first kappa shape index (κ1) is 22.3. The standard InChI is InChI=1S/C19H32N4S2.HI/c1-19(8-4-12-25-19)15-22-18(20-2)21-13-16-6-9-23(10-7-16)14-17-5-3-11-24-17;/h3,5,11,16H,4,6-10,12-15H2,1-2H3,(H2,20,21,22);1H. The summed E-state index contributed by atoms with van der Waals surface area (Å²) in [7, 11) is 1.88. The number of piperidine rings is 1. The molecule has 26 heavy (non-hydrogen) atoms. The molecule has 2 saturated heterocycles. The summed E-state index contributed by atoms with van der Waals surface area (Å²) in [6, 6.07) is 4.40. The summed E-state index contributed by atoms with van der Waals surface area (Å²) in [6.45, 7) is 7.97. The van der Waals surface area contributed by atoms with Crippen LogP contribution < -0.4 is 10.6 Å². The lowest BCUT2D eigenvalue weighted by molar-refractivity contribution is 0.179. The summed E-state index contributed by atoms with van der Waals surface area (Å²) in [6.07, 6.45) is 5.22. The number of thioether (sulfide) groups is 1. The van der Waals surface area contributed by atoms with E-state index in [-0.39, 0.29) is 24.0 Å². The Labute approximate surface area is 184 Å². The lowest BCUT2D eigenvalue weighted by Gasteiger charge is -2.32. The molecule has 3 rings (SSSR count). The van der Waals surface area contributed by atoms with Gasteiger partial charge >= 0.3 is 0 Å². The van der Waals surface area contributed by atoms with Crippen LogP contribution >= 0.6 is 47.1 Å². The van der Waals surface area contributed by atoms with Crippen molar-refractivity contribution in [1.82, 2.24) is 15.5 Å². The quantitative estimate of drug-likeness (QED) is 0.346. The highest BCUT2D eigenvalue weighted by atomic mass is 127. The minimum Gasteiger partial charge on any atom is -0.356 e. The van der Waals surface area contributed by atoms with Gasteiger partial charge in [-0.15, -0.1) is 35.3 Å². The van der Waals surface area contributed by atoms with E-state index >= 15 is 0 Å². The number of nitrogens with one attached hydrogen (secondary N) is 2. The predicted molar refractivity (Wildman–Crippen MR) is 127 cm³/mol. The van der Waals surface area contributed by atoms with Crippen LogP contribution in [0.1, 0.15) is 37.5 Å². The maximum Gasteiger partial charge on any atom is 0.191 e. The summed E-state index contributed by atoms with van der Waals surface area (Å²) >= 11 is 3.97. The van der Waals surface area contributed by atoms with Crippen LogP contribution in [0.25, 0.3) is 0 Å². The van der Waals surface area contributed by atoms with Crippen LogP contribution in [0.15, 0.2) is 22.5 Å². The number of halogens is 1. The van der Waals surface area contributed by atoms with Crippen molar-refractivity contribution in [2.24, 2.45) is 10.9 Å². The molecule has 1 aromatic rings. The topological polar surface area (TPSA) is 39.7 Å². The van der Waals surface area contributed by atoms with Crippen molar-refractivity contribution in [3.05, 3.63) is 22.4 Å². The smallest absolute Gasteiger partial charge is 0.191 e. The minimum atomic E-state index is 0. The van der Waals surface area contributed by atoms with Gasteiger partial charge in [-0.25, -0.2) is 0 Å². The molecule has 148 valence electrons. The molecule has 0 aliphatic carbocycles. The summed E-state index contributed by atoms with van der Waals surface area (Å²) in [4.78, 5) is 8.48. The molecule has 2 fully saturated rings. The van der Waals surface area contributed by atoms with Gasteiger partial charge < -0.3 is 10.6 Å². The van der Waals surface area contributed by atoms with Crippen molar-refractivity contribution in [2.45, 2.75) is 43.9 Å². The van der Waals surface area contributed by atoms with Gasteiger partial charge in [-0.1, -0.05) is 6.07 Å². The highest BCUT2D eigenvalue weighted by molar-refractivity contribution is 14.0. The Balaban J connectivity index is 0.00000243. The van der Waals surface area contributed by atoms with E-state index in [2.05, 4.69) is 56.7 Å². The van der Waals surface area contributed by atoms with Crippen LogP contribution in [-0.4, -0.2) is 54.6 Å². The molecule has 0 spiro atoms. The molecule has 2 aliphatic heterocycles. The average Bonchev–Trinajstić information content (AvgIpc) is 3.29. The monoisotopic (exact) mass is 508 g/mol. The van der Waals surface area contributed by atoms with E-state index in [1.807, 2.05) is 18.4 Å². The van der Waals surface area contributed by atoms with Gasteiger partial charge in [0, 0.05) is 36.3 Å². The van der Waals surface area contributed by atoms with E-state index < -0.39 is 0 Å². The Morgan fingerprint density at radius 2 is 2.15 bits per heavy atom. The maximum atomic E-state index is 4.41. The molecule has 1 atom stereocenters. The summed E-state index contributed by atoms with van der Waals surface area (Å²) < 4.78 is 0.380. The van der Waals surface area contributed by atoms with Gasteiger partial charge in [0.15, 0.2) is 5.96 Å². The summed E-state index contributed by atoms with van der Waals surface area (Å²) in [5.41, 5.74) is 0. The maximum absolute atomic E-state index is 4.41. The Morgan fingerprint density at radius 3 is 2.77 bits per heavy atom. The van der Waals surface area contributed by atoms with Gasteiger partial charge in [-0.05, 0) is 68.8 Å². The van der Waals surface area contributed by atoms with Crippen LogP contribution in [0.5, 0.6) is 0 Å². The molecule has 2 N–H and O–H groups in total. The van der Waals surface area contributed by atoms with Crippen LogP contribution in [0.4, 0.5) is 0 Å². The first-order valence-corrected chi connectivity index (χ1v) is 11.4. The number of aliphatic imine (C=N–C) groups is 1. The van der Waals surface area contributed by atoms with E-state index in [0.717, 1.165) is 31.5 Å². The first-order valence-electron chi connectivity index (χ1n) is 9.50. The van der Waals surface area contributed by atoms with Gasteiger partial charge in [0.1, 0.15) is 0 Å². The summed E-state index contributed by atoms with van der Waals surface area (Å²) in [5.74, 6) is 3.03. The van der Waals surface area contributed by atoms with Gasteiger partial charge in [0.2, 0.25) is 0 Å². The second kappa shape index (κ2) is 11.1. The molecule has 2 aliphatic rings. The molecule has 4 nitrogen and oxygen atoms in total. The zero-order valence-corrected chi connectivity index (χ0v) is 20.0. The molecule has 1 aromatic heterocycles. The Hall–Kier alpha value is 0.01000. The third-order valence-corrected chi connectivity index (χ3v) is 7.78. The SMILES string of the molecule is CN=C(NCC1CCN(Cc2cccs2)CC1)NCC1(C)CCCS1.I. The minimum absolute atomic E-state index is 0. The molecule has 3 heterocycles. The third-order valence-electron chi connectivity index (χ3n) is 5.38. The third kappa shape index (κ3) is 6.87. The fourth-order valence-corrected chi connectivity index (χ4v) is 5.67. The molecular formula is C19H33IN4S2. The van der Waals surface area contributed by atoms with E-state index in [0.29, 0.717) is 4.75 Å². The summed E-state index contributed by atoms with van der Waals surface area (Å²) in [5, 5.41) is 9.27. The predicted octanol–water partition coefficient (Wildman–Crippen LogP) is 4.03. The van der Waals surface area contributed by atoms with Crippen molar-refractivity contribution in [1.29, 1.82) is 0 Å². The second-order valence-corrected chi connectivity index (χ2v) is 10.2. The van der Waals surface area contributed by atoms with Gasteiger partial charge in [-0.2, -0.15) is 11.8 Å². The number of nitrogens with zero attached hydrogens (tertiary/aromatic N) is 2. The zero-order valence-electron chi connectivity index (χ0n) is 16.0. The van der Waals surface area contributed by atoms with E-state index in [9.17, 15) is 0 Å². The highest BCUT2D eigenvalue weighted by Gasteiger charge is 2.29. The Morgan fingerprint density at radius 1 is 1.35 bits per heavy atom. The van der Waals surface area contributed by atoms with Gasteiger partial charge in [0.25, 0.3) is 0 Å². The number of hydrogen-bond donors (Lipinski definition) is 2. The van der Waals surface area contributed by atoms with Crippen LogP contribution in [0.2, 0.25) is 0 Å². The fraction of sp³-hybridized carbons (Fsp3) is 0.737. The van der Waals surface area contributed by atoms with E-state index in [1.54, 1.807) is 0 Å². The number of guanidine groups is 1. The zero-order chi connectivity index (χ0) is 17.5. The normalized spacial score (nSPS) is 25.1. The van der Waals surface area contributed by atoms with Crippen LogP contribution in [0, 0.1) is 5.92 Å². The van der Waals surface area contributed by atoms with Crippen molar-refractivity contribution < 1.29 is 0 Å². The van der Waals surface area contributed by atoms with Crippen molar-refractivity contribution in [3.8, 4) is 0 Å².